The average Bonchev–Trinajstić information content (AvgIpc) is 2.83. The predicted octanol–water partition coefficient (Wildman–Crippen LogP) is 2.49. The largest absolute Gasteiger partial charge is 0.480 e. The maximum atomic E-state index is 12.9. The number of aliphatic carboxylic acids is 1. The number of halogens is 2. The van der Waals surface area contributed by atoms with Gasteiger partial charge in [-0.05, 0) is 36.8 Å². The molecule has 182 valence electrons. The van der Waals surface area contributed by atoms with Gasteiger partial charge in [0.05, 0.1) is 14.9 Å². The first-order valence-corrected chi connectivity index (χ1v) is 12.6. The Labute approximate surface area is 207 Å². The van der Waals surface area contributed by atoms with E-state index in [2.05, 4.69) is 5.32 Å². The van der Waals surface area contributed by atoms with Gasteiger partial charge in [-0.2, -0.15) is 4.31 Å². The van der Waals surface area contributed by atoms with Crippen LogP contribution in [0.2, 0.25) is 10.0 Å². The molecule has 0 aliphatic carbocycles. The molecule has 1 heterocycles. The van der Waals surface area contributed by atoms with Gasteiger partial charge in [-0.1, -0.05) is 41.4 Å². The number of carboxylic acids is 1. The molecule has 1 saturated heterocycles. The van der Waals surface area contributed by atoms with Crippen LogP contribution < -0.4 is 5.32 Å². The van der Waals surface area contributed by atoms with Crippen molar-refractivity contribution in [3.8, 4) is 0 Å². The molecule has 0 unspecified atom stereocenters. The molecule has 34 heavy (non-hydrogen) atoms. The lowest BCUT2D eigenvalue weighted by Crippen LogP contribution is -2.50. The van der Waals surface area contributed by atoms with Crippen LogP contribution in [-0.4, -0.2) is 72.7 Å². The number of hydrogen-bond donors (Lipinski definition) is 2. The minimum atomic E-state index is -3.80. The second-order valence-electron chi connectivity index (χ2n) is 7.63. The van der Waals surface area contributed by atoms with Gasteiger partial charge in [0, 0.05) is 38.2 Å². The Morgan fingerprint density at radius 3 is 2.21 bits per heavy atom. The van der Waals surface area contributed by atoms with E-state index in [1.807, 2.05) is 0 Å². The average molecular weight is 528 g/mol. The van der Waals surface area contributed by atoms with Crippen LogP contribution in [-0.2, 0) is 19.6 Å². The molecule has 1 fully saturated rings. The van der Waals surface area contributed by atoms with Crippen molar-refractivity contribution in [2.75, 3.05) is 26.2 Å². The quantitative estimate of drug-likeness (QED) is 0.543. The molecular weight excluding hydrogens is 505 g/mol. The van der Waals surface area contributed by atoms with Gasteiger partial charge in [0.15, 0.2) is 0 Å². The normalized spacial score (nSPS) is 15.5. The highest BCUT2D eigenvalue weighted by atomic mass is 35.5. The summed E-state index contributed by atoms with van der Waals surface area (Å²) in [6.07, 6.45) is -0.194. The second-order valence-corrected chi connectivity index (χ2v) is 10.4. The fraction of sp³-hybridized carbons (Fsp3) is 0.318. The molecule has 2 N–H and O–H groups in total. The number of sulfonamides is 1. The Morgan fingerprint density at radius 1 is 0.971 bits per heavy atom. The van der Waals surface area contributed by atoms with Gasteiger partial charge in [-0.25, -0.2) is 13.2 Å². The summed E-state index contributed by atoms with van der Waals surface area (Å²) in [6.45, 7) is 0.490. The third-order valence-electron chi connectivity index (χ3n) is 5.41. The molecule has 2 amide bonds. The molecule has 0 spiro atoms. The fourth-order valence-electron chi connectivity index (χ4n) is 3.48. The predicted molar refractivity (Wildman–Crippen MR) is 126 cm³/mol. The Kier molecular flexibility index (Phi) is 8.53. The molecule has 0 bridgehead atoms. The van der Waals surface area contributed by atoms with Crippen LogP contribution in [0.4, 0.5) is 0 Å². The zero-order valence-corrected chi connectivity index (χ0v) is 20.3. The number of rotatable bonds is 8. The van der Waals surface area contributed by atoms with Crippen molar-refractivity contribution in [3.05, 3.63) is 64.1 Å². The van der Waals surface area contributed by atoms with E-state index in [1.54, 1.807) is 30.3 Å². The lowest BCUT2D eigenvalue weighted by Gasteiger charge is -2.34. The van der Waals surface area contributed by atoms with E-state index in [0.29, 0.717) is 5.56 Å². The van der Waals surface area contributed by atoms with E-state index < -0.39 is 27.9 Å². The molecule has 0 radical (unpaired) electrons. The van der Waals surface area contributed by atoms with Gasteiger partial charge in [-0.15, -0.1) is 0 Å². The Balaban J connectivity index is 1.54. The topological polar surface area (TPSA) is 124 Å². The highest BCUT2D eigenvalue weighted by Gasteiger charge is 2.31. The standard InChI is InChI=1S/C22H23Cl2N3O6S/c23-17-7-6-16(14-18(17)24)34(32,33)27-12-10-26(11-13-27)20(28)9-8-19(22(30)31)25-21(29)15-4-2-1-3-5-15/h1-7,14,19H,8-13H2,(H,25,29)(H,30,31)/t19-/m0/s1. The maximum absolute atomic E-state index is 12.9. The molecule has 1 atom stereocenters. The van der Waals surface area contributed by atoms with Gasteiger partial charge in [0.2, 0.25) is 15.9 Å². The van der Waals surface area contributed by atoms with Crippen molar-refractivity contribution in [1.82, 2.24) is 14.5 Å². The molecule has 0 saturated carbocycles. The first kappa shape index (κ1) is 26.0. The lowest BCUT2D eigenvalue weighted by molar-refractivity contribution is -0.139. The van der Waals surface area contributed by atoms with Crippen LogP contribution in [0, 0.1) is 0 Å². The van der Waals surface area contributed by atoms with E-state index in [9.17, 15) is 27.9 Å². The van der Waals surface area contributed by atoms with Crippen LogP contribution in [0.5, 0.6) is 0 Å². The molecule has 0 aromatic heterocycles. The SMILES string of the molecule is O=C(N[C@@H](CCC(=O)N1CCN(S(=O)(=O)c2ccc(Cl)c(Cl)c2)CC1)C(=O)O)c1ccccc1. The van der Waals surface area contributed by atoms with Crippen LogP contribution >= 0.6 is 23.2 Å². The minimum absolute atomic E-state index is 0.0140. The van der Waals surface area contributed by atoms with E-state index in [4.69, 9.17) is 23.2 Å². The van der Waals surface area contributed by atoms with Gasteiger partial charge in [0.1, 0.15) is 6.04 Å². The number of benzene rings is 2. The van der Waals surface area contributed by atoms with Crippen LogP contribution in [0.25, 0.3) is 0 Å². The molecule has 1 aliphatic rings. The number of carbonyl (C=O) groups excluding carboxylic acids is 2. The third kappa shape index (κ3) is 6.26. The van der Waals surface area contributed by atoms with Gasteiger partial charge in [0.25, 0.3) is 5.91 Å². The summed E-state index contributed by atoms with van der Waals surface area (Å²) in [5, 5.41) is 12.2. The third-order valence-corrected chi connectivity index (χ3v) is 8.04. The van der Waals surface area contributed by atoms with Gasteiger partial charge < -0.3 is 15.3 Å². The summed E-state index contributed by atoms with van der Waals surface area (Å²) >= 11 is 11.8. The monoisotopic (exact) mass is 527 g/mol. The molecule has 9 nitrogen and oxygen atoms in total. The van der Waals surface area contributed by atoms with Gasteiger partial charge >= 0.3 is 5.97 Å². The summed E-state index contributed by atoms with van der Waals surface area (Å²) < 4.78 is 27.0. The first-order valence-electron chi connectivity index (χ1n) is 10.4. The summed E-state index contributed by atoms with van der Waals surface area (Å²) in [7, 11) is -3.80. The number of nitrogens with one attached hydrogen (secondary N) is 1. The summed E-state index contributed by atoms with van der Waals surface area (Å²) in [4.78, 5) is 37.9. The smallest absolute Gasteiger partial charge is 0.326 e. The van der Waals surface area contributed by atoms with Crippen molar-refractivity contribution >= 4 is 51.0 Å². The van der Waals surface area contributed by atoms with Gasteiger partial charge in [-0.3, -0.25) is 9.59 Å². The zero-order valence-electron chi connectivity index (χ0n) is 18.0. The molecular formula is C22H23Cl2N3O6S. The first-order chi connectivity index (χ1) is 16.1. The Morgan fingerprint density at radius 2 is 1.62 bits per heavy atom. The van der Waals surface area contributed by atoms with Crippen molar-refractivity contribution in [2.24, 2.45) is 0 Å². The highest BCUT2D eigenvalue weighted by Crippen LogP contribution is 2.27. The zero-order chi connectivity index (χ0) is 24.9. The number of carboxylic acid groups (broad SMARTS) is 1. The molecule has 2 aromatic carbocycles. The summed E-state index contributed by atoms with van der Waals surface area (Å²) in [6, 6.07) is 11.0. The summed E-state index contributed by atoms with van der Waals surface area (Å²) in [5.74, 6) is -2.09. The van der Waals surface area contributed by atoms with Crippen molar-refractivity contribution < 1.29 is 27.9 Å². The van der Waals surface area contributed by atoms with E-state index >= 15 is 0 Å². The Bertz CT molecular complexity index is 1170. The number of carbonyl (C=O) groups is 3. The van der Waals surface area contributed by atoms with Crippen molar-refractivity contribution in [2.45, 2.75) is 23.8 Å². The van der Waals surface area contributed by atoms with Crippen LogP contribution in [0.3, 0.4) is 0 Å². The van der Waals surface area contributed by atoms with E-state index in [-0.39, 0.29) is 59.9 Å². The number of hydrogen-bond acceptors (Lipinski definition) is 5. The highest BCUT2D eigenvalue weighted by molar-refractivity contribution is 7.89. The number of amides is 2. The number of piperazine rings is 1. The van der Waals surface area contributed by atoms with E-state index in [1.165, 1.54) is 27.4 Å². The lowest BCUT2D eigenvalue weighted by atomic mass is 10.1. The molecule has 1 aliphatic heterocycles. The van der Waals surface area contributed by atoms with E-state index in [0.717, 1.165) is 0 Å². The number of nitrogens with zero attached hydrogens (tertiary/aromatic N) is 2. The molecule has 3 rings (SSSR count). The van der Waals surface area contributed by atoms with Crippen molar-refractivity contribution in [3.63, 3.8) is 0 Å². The molecule has 12 heteroatoms. The maximum Gasteiger partial charge on any atom is 0.326 e. The summed E-state index contributed by atoms with van der Waals surface area (Å²) in [5.41, 5.74) is 0.319. The van der Waals surface area contributed by atoms with Crippen molar-refractivity contribution in [1.29, 1.82) is 0 Å². The molecule has 2 aromatic rings. The van der Waals surface area contributed by atoms with Crippen LogP contribution in [0.15, 0.2) is 53.4 Å². The van der Waals surface area contributed by atoms with Crippen LogP contribution in [0.1, 0.15) is 23.2 Å². The Hall–Kier alpha value is -2.66. The minimum Gasteiger partial charge on any atom is -0.480 e. The fourth-order valence-corrected chi connectivity index (χ4v) is 5.29. The second kappa shape index (κ2) is 11.2.